The van der Waals surface area contributed by atoms with Gasteiger partial charge in [-0.1, -0.05) is 36.4 Å². The number of para-hydroxylation sites is 1. The van der Waals surface area contributed by atoms with Crippen molar-refractivity contribution in [3.05, 3.63) is 98.6 Å². The number of carbonyl (C=O) groups is 2. The molecule has 1 N–H and O–H groups in total. The van der Waals surface area contributed by atoms with Crippen LogP contribution in [0.15, 0.2) is 83.5 Å². The Morgan fingerprint density at radius 3 is 2.47 bits per heavy atom. The molecule has 1 heterocycles. The highest BCUT2D eigenvalue weighted by Gasteiger charge is 2.28. The molecule has 0 spiro atoms. The molecule has 0 atom stereocenters. The third-order valence-electron chi connectivity index (χ3n) is 4.93. The quantitative estimate of drug-likeness (QED) is 0.338. The van der Waals surface area contributed by atoms with Gasteiger partial charge in [0.1, 0.15) is 12.4 Å². The maximum atomic E-state index is 12.9. The number of rotatable bonds is 6. The zero-order valence-electron chi connectivity index (χ0n) is 17.2. The second-order valence-corrected chi connectivity index (χ2v) is 8.34. The van der Waals surface area contributed by atoms with Crippen molar-refractivity contribution in [3.8, 4) is 5.75 Å². The molecule has 0 bridgehead atoms. The highest BCUT2D eigenvalue weighted by molar-refractivity contribution is 14.1. The topological polar surface area (TPSA) is 79.2 Å². The Kier molecular flexibility index (Phi) is 6.36. The summed E-state index contributed by atoms with van der Waals surface area (Å²) in [6.45, 7) is 2.15. The van der Waals surface area contributed by atoms with Crippen LogP contribution in [0.1, 0.15) is 28.4 Å². The van der Waals surface area contributed by atoms with E-state index in [0.717, 1.165) is 20.4 Å². The van der Waals surface area contributed by atoms with Gasteiger partial charge in [0.15, 0.2) is 0 Å². The van der Waals surface area contributed by atoms with Crippen molar-refractivity contribution < 1.29 is 19.4 Å². The number of aromatic carboxylic acids is 1. The van der Waals surface area contributed by atoms with E-state index in [-0.39, 0.29) is 11.5 Å². The Morgan fingerprint density at radius 2 is 1.81 bits per heavy atom. The molecule has 4 rings (SSSR count). The average molecular weight is 538 g/mol. The van der Waals surface area contributed by atoms with Crippen LogP contribution in [0.25, 0.3) is 6.08 Å². The lowest BCUT2D eigenvalue weighted by Crippen LogP contribution is -2.21. The average Bonchev–Trinajstić information content (AvgIpc) is 3.07. The molecule has 7 heteroatoms. The van der Waals surface area contributed by atoms with Crippen LogP contribution in [0.5, 0.6) is 5.75 Å². The van der Waals surface area contributed by atoms with Crippen LogP contribution < -0.4 is 9.75 Å². The third-order valence-corrected chi connectivity index (χ3v) is 5.77. The van der Waals surface area contributed by atoms with E-state index < -0.39 is 5.97 Å². The van der Waals surface area contributed by atoms with E-state index in [2.05, 4.69) is 27.7 Å². The third kappa shape index (κ3) is 4.72. The number of carboxylic acid groups (broad SMARTS) is 1. The monoisotopic (exact) mass is 538 g/mol. The molecule has 0 fully saturated rings. The van der Waals surface area contributed by atoms with Gasteiger partial charge >= 0.3 is 5.97 Å². The standard InChI is InChI=1S/C25H19IN2O4/c1-16-21(24(29)28(27-16)20-5-3-2-4-6-20)13-18-9-12-23(22(26)14-18)32-15-17-7-10-19(11-8-17)25(30)31/h2-14H,15H2,1H3,(H,30,31)/b21-13+. The number of benzene rings is 3. The molecule has 0 saturated carbocycles. The summed E-state index contributed by atoms with van der Waals surface area (Å²) in [6, 6.07) is 21.6. The molecule has 3 aromatic carbocycles. The molecule has 0 saturated heterocycles. The number of nitrogens with zero attached hydrogens (tertiary/aromatic N) is 2. The summed E-state index contributed by atoms with van der Waals surface area (Å²) in [5, 5.41) is 14.8. The molecule has 32 heavy (non-hydrogen) atoms. The van der Waals surface area contributed by atoms with Crippen molar-refractivity contribution in [2.75, 3.05) is 5.01 Å². The fourth-order valence-corrected chi connectivity index (χ4v) is 3.92. The second-order valence-electron chi connectivity index (χ2n) is 7.18. The summed E-state index contributed by atoms with van der Waals surface area (Å²) in [7, 11) is 0. The number of anilines is 1. The highest BCUT2D eigenvalue weighted by atomic mass is 127. The van der Waals surface area contributed by atoms with Gasteiger partial charge in [-0.2, -0.15) is 10.1 Å². The lowest BCUT2D eigenvalue weighted by molar-refractivity contribution is -0.114. The van der Waals surface area contributed by atoms with Crippen molar-refractivity contribution in [1.29, 1.82) is 0 Å². The van der Waals surface area contributed by atoms with Crippen LogP contribution in [-0.4, -0.2) is 22.7 Å². The molecule has 1 amide bonds. The van der Waals surface area contributed by atoms with Gasteiger partial charge in [-0.05, 0) is 83.1 Å². The maximum Gasteiger partial charge on any atom is 0.335 e. The maximum absolute atomic E-state index is 12.9. The van der Waals surface area contributed by atoms with Gasteiger partial charge in [0, 0.05) is 0 Å². The van der Waals surface area contributed by atoms with Gasteiger partial charge in [0.05, 0.1) is 26.1 Å². The smallest absolute Gasteiger partial charge is 0.335 e. The SMILES string of the molecule is CC1=NN(c2ccccc2)C(=O)/C1=C/c1ccc(OCc2ccc(C(=O)O)cc2)c(I)c1. The van der Waals surface area contributed by atoms with E-state index >= 15 is 0 Å². The Bertz CT molecular complexity index is 1230. The van der Waals surface area contributed by atoms with E-state index in [1.807, 2.05) is 61.5 Å². The highest BCUT2D eigenvalue weighted by Crippen LogP contribution is 2.27. The normalized spacial score (nSPS) is 14.6. The summed E-state index contributed by atoms with van der Waals surface area (Å²) in [4.78, 5) is 23.8. The molecule has 160 valence electrons. The van der Waals surface area contributed by atoms with Crippen molar-refractivity contribution in [3.63, 3.8) is 0 Å². The fourth-order valence-electron chi connectivity index (χ4n) is 3.22. The van der Waals surface area contributed by atoms with Gasteiger partial charge in [0.25, 0.3) is 5.91 Å². The minimum absolute atomic E-state index is 0.158. The summed E-state index contributed by atoms with van der Waals surface area (Å²) >= 11 is 2.20. The number of carbonyl (C=O) groups excluding carboxylic acids is 1. The predicted molar refractivity (Wildman–Crippen MR) is 132 cm³/mol. The summed E-state index contributed by atoms with van der Waals surface area (Å²) in [5.74, 6) is -0.400. The van der Waals surface area contributed by atoms with Crippen LogP contribution in [0.4, 0.5) is 5.69 Å². The summed E-state index contributed by atoms with van der Waals surface area (Å²) in [6.07, 6.45) is 1.83. The van der Waals surface area contributed by atoms with Crippen molar-refractivity contribution in [2.24, 2.45) is 5.10 Å². The molecule has 0 aliphatic carbocycles. The van der Waals surface area contributed by atoms with Crippen LogP contribution in [0, 0.1) is 3.57 Å². The lowest BCUT2D eigenvalue weighted by atomic mass is 10.1. The van der Waals surface area contributed by atoms with Crippen molar-refractivity contribution >= 4 is 51.9 Å². The molecule has 0 radical (unpaired) electrons. The summed E-state index contributed by atoms with van der Waals surface area (Å²) < 4.78 is 6.79. The van der Waals surface area contributed by atoms with Gasteiger partial charge in [-0.25, -0.2) is 4.79 Å². The number of halogens is 1. The first kappa shape index (κ1) is 21.8. The first-order valence-corrected chi connectivity index (χ1v) is 10.9. The van der Waals surface area contributed by atoms with Crippen LogP contribution in [0.2, 0.25) is 0 Å². The van der Waals surface area contributed by atoms with E-state index in [1.54, 1.807) is 24.3 Å². The number of amides is 1. The molecule has 6 nitrogen and oxygen atoms in total. The summed E-state index contributed by atoms with van der Waals surface area (Å²) in [5.41, 5.74) is 3.94. The van der Waals surface area contributed by atoms with Gasteiger partial charge in [0.2, 0.25) is 0 Å². The molecule has 0 aromatic heterocycles. The minimum atomic E-state index is -0.954. The van der Waals surface area contributed by atoms with E-state index in [1.165, 1.54) is 5.01 Å². The van der Waals surface area contributed by atoms with E-state index in [9.17, 15) is 9.59 Å². The first-order valence-electron chi connectivity index (χ1n) is 9.84. The Balaban J connectivity index is 1.47. The van der Waals surface area contributed by atoms with Crippen molar-refractivity contribution in [1.82, 2.24) is 0 Å². The molecule has 1 aliphatic rings. The second kappa shape index (κ2) is 9.35. The van der Waals surface area contributed by atoms with Gasteiger partial charge in [-0.3, -0.25) is 4.79 Å². The van der Waals surface area contributed by atoms with Crippen LogP contribution in [-0.2, 0) is 11.4 Å². The zero-order chi connectivity index (χ0) is 22.7. The van der Waals surface area contributed by atoms with E-state index in [0.29, 0.717) is 23.6 Å². The molecule has 0 unspecified atom stereocenters. The number of hydrogen-bond acceptors (Lipinski definition) is 4. The number of ether oxygens (including phenoxy) is 1. The molecule has 1 aliphatic heterocycles. The van der Waals surface area contributed by atoms with E-state index in [4.69, 9.17) is 9.84 Å². The largest absolute Gasteiger partial charge is 0.488 e. The number of hydrogen-bond donors (Lipinski definition) is 1. The first-order chi connectivity index (χ1) is 15.4. The zero-order valence-corrected chi connectivity index (χ0v) is 19.3. The number of carboxylic acids is 1. The van der Waals surface area contributed by atoms with Gasteiger partial charge in [-0.15, -0.1) is 0 Å². The molecule has 3 aromatic rings. The Hall–Kier alpha value is -3.46. The lowest BCUT2D eigenvalue weighted by Gasteiger charge is -2.11. The molecular weight excluding hydrogens is 519 g/mol. The fraction of sp³-hybridized carbons (Fsp3) is 0.0800. The van der Waals surface area contributed by atoms with Crippen LogP contribution >= 0.6 is 22.6 Å². The van der Waals surface area contributed by atoms with Crippen molar-refractivity contribution in [2.45, 2.75) is 13.5 Å². The molecular formula is C25H19IN2O4. The van der Waals surface area contributed by atoms with Gasteiger partial charge < -0.3 is 9.84 Å². The Morgan fingerprint density at radius 1 is 1.09 bits per heavy atom. The minimum Gasteiger partial charge on any atom is -0.488 e. The van der Waals surface area contributed by atoms with Crippen LogP contribution in [0.3, 0.4) is 0 Å². The predicted octanol–water partition coefficient (Wildman–Crippen LogP) is 5.37. The number of hydrazone groups is 1. The Labute approximate surface area is 199 Å².